The molecule has 4 aromatic rings. The van der Waals surface area contributed by atoms with Crippen LogP contribution in [0.3, 0.4) is 0 Å². The minimum Gasteiger partial charge on any atom is -0.337 e. The molecule has 1 atom stereocenters. The molecule has 3 aromatic heterocycles. The molecule has 7 heteroatoms. The van der Waals surface area contributed by atoms with Crippen molar-refractivity contribution < 1.29 is 4.79 Å². The number of hydrogen-bond acceptors (Lipinski definition) is 5. The summed E-state index contributed by atoms with van der Waals surface area (Å²) in [6.45, 7) is 1.24. The van der Waals surface area contributed by atoms with Gasteiger partial charge in [-0.25, -0.2) is 4.98 Å². The molecule has 32 heavy (non-hydrogen) atoms. The van der Waals surface area contributed by atoms with Gasteiger partial charge in [0.15, 0.2) is 0 Å². The van der Waals surface area contributed by atoms with E-state index in [4.69, 9.17) is 4.98 Å². The van der Waals surface area contributed by atoms with E-state index in [1.165, 1.54) is 16.9 Å². The molecule has 4 heterocycles. The number of aromatic amines is 1. The Morgan fingerprint density at radius 3 is 2.94 bits per heavy atom. The lowest BCUT2D eigenvalue weighted by Crippen LogP contribution is -2.40. The van der Waals surface area contributed by atoms with E-state index in [-0.39, 0.29) is 17.4 Å². The fourth-order valence-corrected chi connectivity index (χ4v) is 6.47. The van der Waals surface area contributed by atoms with Crippen LogP contribution in [-0.4, -0.2) is 38.8 Å². The van der Waals surface area contributed by atoms with Crippen LogP contribution in [0.1, 0.15) is 58.4 Å². The molecule has 1 aromatic carbocycles. The minimum absolute atomic E-state index is 0.0245. The summed E-state index contributed by atoms with van der Waals surface area (Å²) >= 11 is 1.68. The second-order valence-corrected chi connectivity index (χ2v) is 9.90. The normalized spacial score (nSPS) is 18.8. The van der Waals surface area contributed by atoms with Crippen LogP contribution in [0.2, 0.25) is 0 Å². The Morgan fingerprint density at radius 1 is 1.12 bits per heavy atom. The molecule has 0 radical (unpaired) electrons. The summed E-state index contributed by atoms with van der Waals surface area (Å²) in [5, 5.41) is 2.67. The number of benzene rings is 1. The van der Waals surface area contributed by atoms with E-state index in [0.717, 1.165) is 53.1 Å². The number of H-pyrrole nitrogens is 1. The van der Waals surface area contributed by atoms with E-state index in [1.54, 1.807) is 17.5 Å². The molecule has 0 saturated carbocycles. The van der Waals surface area contributed by atoms with Gasteiger partial charge in [-0.05, 0) is 55.5 Å². The zero-order valence-corrected chi connectivity index (χ0v) is 18.6. The third kappa shape index (κ3) is 3.23. The van der Waals surface area contributed by atoms with E-state index in [0.29, 0.717) is 24.6 Å². The lowest BCUT2D eigenvalue weighted by Gasteiger charge is -2.32. The molecule has 0 spiro atoms. The quantitative estimate of drug-likeness (QED) is 0.496. The fourth-order valence-electron chi connectivity index (χ4n) is 5.20. The maximum absolute atomic E-state index is 13.4. The Bertz CT molecular complexity index is 1400. The summed E-state index contributed by atoms with van der Waals surface area (Å²) in [6, 6.07) is 9.77. The van der Waals surface area contributed by atoms with Crippen LogP contribution in [0.15, 0.2) is 41.3 Å². The topological polar surface area (TPSA) is 79.0 Å². The van der Waals surface area contributed by atoms with Gasteiger partial charge in [-0.1, -0.05) is 24.3 Å². The maximum Gasteiger partial charge on any atom is 0.273 e. The predicted molar refractivity (Wildman–Crippen MR) is 127 cm³/mol. The minimum atomic E-state index is -0.0542. The number of rotatable bonds is 2. The Hall–Kier alpha value is -3.06. The van der Waals surface area contributed by atoms with E-state index >= 15 is 0 Å². The molecule has 1 fully saturated rings. The lowest BCUT2D eigenvalue weighted by atomic mass is 9.95. The van der Waals surface area contributed by atoms with Crippen LogP contribution < -0.4 is 5.56 Å². The highest BCUT2D eigenvalue weighted by Gasteiger charge is 2.29. The number of piperidine rings is 1. The number of nitrogens with zero attached hydrogens (tertiary/aromatic N) is 3. The average molecular weight is 445 g/mol. The SMILES string of the molecule is O=C(c1nccc2ccccc12)N1CCC[C@H](c2nc3sc4c(c3c(=O)[nH]2)CCCC4)C1. The second kappa shape index (κ2) is 7.81. The molecule has 162 valence electrons. The monoisotopic (exact) mass is 444 g/mol. The fraction of sp³-hybridized carbons (Fsp3) is 0.360. The van der Waals surface area contributed by atoms with Gasteiger partial charge in [0.2, 0.25) is 0 Å². The molecular formula is C25H24N4O2S. The second-order valence-electron chi connectivity index (χ2n) is 8.81. The van der Waals surface area contributed by atoms with Gasteiger partial charge in [-0.2, -0.15) is 0 Å². The zero-order valence-electron chi connectivity index (χ0n) is 17.8. The van der Waals surface area contributed by atoms with E-state index in [1.807, 2.05) is 35.2 Å². The van der Waals surface area contributed by atoms with Crippen molar-refractivity contribution in [3.63, 3.8) is 0 Å². The van der Waals surface area contributed by atoms with Crippen molar-refractivity contribution in [2.24, 2.45) is 0 Å². The van der Waals surface area contributed by atoms with Crippen LogP contribution in [0.4, 0.5) is 0 Å². The van der Waals surface area contributed by atoms with Gasteiger partial charge in [0.05, 0.1) is 5.39 Å². The number of amides is 1. The van der Waals surface area contributed by atoms with E-state index in [9.17, 15) is 9.59 Å². The summed E-state index contributed by atoms with van der Waals surface area (Å²) in [5.74, 6) is 0.685. The molecule has 0 bridgehead atoms. The number of thiophene rings is 1. The number of carbonyl (C=O) groups is 1. The molecule has 0 unspecified atom stereocenters. The van der Waals surface area contributed by atoms with Crippen LogP contribution in [0.25, 0.3) is 21.0 Å². The summed E-state index contributed by atoms with van der Waals surface area (Å²) in [5.41, 5.74) is 1.68. The maximum atomic E-state index is 13.4. The highest BCUT2D eigenvalue weighted by Crippen LogP contribution is 2.35. The van der Waals surface area contributed by atoms with Gasteiger partial charge in [-0.15, -0.1) is 11.3 Å². The number of likely N-dealkylation sites (tertiary alicyclic amines) is 1. The van der Waals surface area contributed by atoms with Gasteiger partial charge in [-0.3, -0.25) is 14.6 Å². The van der Waals surface area contributed by atoms with Crippen LogP contribution in [0, 0.1) is 0 Å². The Kier molecular flexibility index (Phi) is 4.79. The summed E-state index contributed by atoms with van der Waals surface area (Å²) in [4.78, 5) is 42.8. The molecule has 1 N–H and O–H groups in total. The number of aryl methyl sites for hydroxylation is 2. The summed E-state index contributed by atoms with van der Waals surface area (Å²) < 4.78 is 0. The molecule has 6 rings (SSSR count). The number of pyridine rings is 1. The molecule has 1 aliphatic carbocycles. The summed E-state index contributed by atoms with van der Waals surface area (Å²) in [6.07, 6.45) is 7.84. The highest BCUT2D eigenvalue weighted by atomic mass is 32.1. The van der Waals surface area contributed by atoms with Crippen molar-refractivity contribution in [3.8, 4) is 0 Å². The molecule has 1 saturated heterocycles. The van der Waals surface area contributed by atoms with Crippen molar-refractivity contribution in [2.45, 2.75) is 44.4 Å². The molecule has 1 amide bonds. The van der Waals surface area contributed by atoms with Gasteiger partial charge in [0.1, 0.15) is 16.3 Å². The highest BCUT2D eigenvalue weighted by molar-refractivity contribution is 7.18. The van der Waals surface area contributed by atoms with E-state index < -0.39 is 0 Å². The van der Waals surface area contributed by atoms with Crippen LogP contribution in [0.5, 0.6) is 0 Å². The van der Waals surface area contributed by atoms with Crippen LogP contribution in [-0.2, 0) is 12.8 Å². The Balaban J connectivity index is 1.32. The third-order valence-electron chi connectivity index (χ3n) is 6.81. The van der Waals surface area contributed by atoms with Crippen molar-refractivity contribution >= 4 is 38.2 Å². The molecule has 6 nitrogen and oxygen atoms in total. The number of nitrogens with one attached hydrogen (secondary N) is 1. The van der Waals surface area contributed by atoms with E-state index in [2.05, 4.69) is 9.97 Å². The molecule has 2 aliphatic rings. The number of aromatic nitrogens is 3. The third-order valence-corrected chi connectivity index (χ3v) is 8.00. The van der Waals surface area contributed by atoms with Crippen molar-refractivity contribution in [1.29, 1.82) is 0 Å². The van der Waals surface area contributed by atoms with Crippen LogP contribution >= 0.6 is 11.3 Å². The first-order valence-electron chi connectivity index (χ1n) is 11.4. The molecular weight excluding hydrogens is 420 g/mol. The number of hydrogen-bond donors (Lipinski definition) is 1. The van der Waals surface area contributed by atoms with Gasteiger partial charge < -0.3 is 9.88 Å². The first-order chi connectivity index (χ1) is 15.7. The van der Waals surface area contributed by atoms with Crippen molar-refractivity contribution in [2.75, 3.05) is 13.1 Å². The summed E-state index contributed by atoms with van der Waals surface area (Å²) in [7, 11) is 0. The molecule has 1 aliphatic heterocycles. The van der Waals surface area contributed by atoms with Gasteiger partial charge >= 0.3 is 0 Å². The number of fused-ring (bicyclic) bond motifs is 4. The van der Waals surface area contributed by atoms with Gasteiger partial charge in [0, 0.05) is 35.5 Å². The average Bonchev–Trinajstić information content (AvgIpc) is 3.22. The first-order valence-corrected chi connectivity index (χ1v) is 12.2. The predicted octanol–water partition coefficient (Wildman–Crippen LogP) is 4.43. The largest absolute Gasteiger partial charge is 0.337 e. The standard InChI is InChI=1S/C25H24N4O2S/c30-23-20-18-9-3-4-10-19(18)32-24(20)28-22(27-23)16-7-5-13-29(14-16)25(31)21-17-8-2-1-6-15(17)11-12-26-21/h1-2,6,8,11-12,16H,3-5,7,9-10,13-14H2,(H,27,28,30)/t16-/m0/s1. The Morgan fingerprint density at radius 2 is 2.00 bits per heavy atom. The number of carbonyl (C=O) groups excluding carboxylic acids is 1. The van der Waals surface area contributed by atoms with Crippen molar-refractivity contribution in [1.82, 2.24) is 19.9 Å². The lowest BCUT2D eigenvalue weighted by molar-refractivity contribution is 0.0701. The zero-order chi connectivity index (χ0) is 21.7. The Labute approximate surface area is 189 Å². The first kappa shape index (κ1) is 19.6. The van der Waals surface area contributed by atoms with Gasteiger partial charge in [0.25, 0.3) is 11.5 Å². The van der Waals surface area contributed by atoms with Crippen molar-refractivity contribution in [3.05, 3.63) is 68.8 Å². The smallest absolute Gasteiger partial charge is 0.273 e.